The van der Waals surface area contributed by atoms with E-state index in [2.05, 4.69) is 31.9 Å². The van der Waals surface area contributed by atoms with E-state index in [1.165, 1.54) is 18.2 Å². The van der Waals surface area contributed by atoms with Crippen LogP contribution in [0.1, 0.15) is 16.8 Å². The predicted molar refractivity (Wildman–Crippen MR) is 56.8 cm³/mol. The van der Waals surface area contributed by atoms with Crippen LogP contribution in [0, 0.1) is 5.82 Å². The van der Waals surface area contributed by atoms with Crippen molar-refractivity contribution in [3.05, 3.63) is 34.1 Å². The zero-order chi connectivity index (χ0) is 9.84. The van der Waals surface area contributed by atoms with Gasteiger partial charge in [0.2, 0.25) is 0 Å². The first-order valence-electron chi connectivity index (χ1n) is 3.69. The van der Waals surface area contributed by atoms with Gasteiger partial charge in [0.15, 0.2) is 5.78 Å². The molecule has 1 aromatic carbocycles. The number of ketones is 1. The molecule has 4 heteroatoms. The van der Waals surface area contributed by atoms with Crippen molar-refractivity contribution in [2.75, 3.05) is 5.33 Å². The van der Waals surface area contributed by atoms with Gasteiger partial charge in [0.25, 0.3) is 0 Å². The molecule has 0 heterocycles. The highest BCUT2D eigenvalue weighted by Crippen LogP contribution is 2.19. The third-order valence-electron chi connectivity index (χ3n) is 1.55. The van der Waals surface area contributed by atoms with Crippen LogP contribution < -0.4 is 0 Å². The van der Waals surface area contributed by atoms with Crippen LogP contribution in [0.4, 0.5) is 4.39 Å². The van der Waals surface area contributed by atoms with Crippen molar-refractivity contribution in [2.24, 2.45) is 0 Å². The molecule has 1 rings (SSSR count). The summed E-state index contributed by atoms with van der Waals surface area (Å²) in [4.78, 5) is 11.4. The van der Waals surface area contributed by atoms with Crippen molar-refractivity contribution < 1.29 is 9.18 Å². The maximum atomic E-state index is 12.6. The fourth-order valence-electron chi connectivity index (χ4n) is 0.936. The minimum atomic E-state index is -0.345. The maximum absolute atomic E-state index is 12.6. The fraction of sp³-hybridized carbons (Fsp3) is 0.222. The molecule has 0 atom stereocenters. The standard InChI is InChI=1S/C9H7Br2FO/c10-4-3-9(13)7-2-1-6(12)5-8(7)11/h1-2,5H,3-4H2. The highest BCUT2D eigenvalue weighted by molar-refractivity contribution is 9.10. The molecular weight excluding hydrogens is 303 g/mol. The molecule has 0 aromatic heterocycles. The van der Waals surface area contributed by atoms with Crippen molar-refractivity contribution in [2.45, 2.75) is 6.42 Å². The Bertz CT molecular complexity index is 325. The monoisotopic (exact) mass is 308 g/mol. The minimum absolute atomic E-state index is 0.00347. The first-order chi connectivity index (χ1) is 6.15. The molecule has 0 unspecified atom stereocenters. The minimum Gasteiger partial charge on any atom is -0.294 e. The smallest absolute Gasteiger partial charge is 0.164 e. The van der Waals surface area contributed by atoms with Crippen LogP contribution in [0.5, 0.6) is 0 Å². The van der Waals surface area contributed by atoms with Gasteiger partial charge in [-0.1, -0.05) is 15.9 Å². The van der Waals surface area contributed by atoms with Crippen LogP contribution in [-0.4, -0.2) is 11.1 Å². The van der Waals surface area contributed by atoms with Gasteiger partial charge in [-0.3, -0.25) is 4.79 Å². The molecule has 0 amide bonds. The Hall–Kier alpha value is -0.220. The lowest BCUT2D eigenvalue weighted by Crippen LogP contribution is -2.00. The van der Waals surface area contributed by atoms with Gasteiger partial charge in [0.1, 0.15) is 5.82 Å². The summed E-state index contributed by atoms with van der Waals surface area (Å²) in [5.41, 5.74) is 0.529. The second-order valence-electron chi connectivity index (χ2n) is 2.49. The summed E-state index contributed by atoms with van der Waals surface area (Å²) in [6, 6.07) is 4.07. The SMILES string of the molecule is O=C(CCBr)c1ccc(F)cc1Br. The van der Waals surface area contributed by atoms with E-state index in [-0.39, 0.29) is 11.6 Å². The van der Waals surface area contributed by atoms with E-state index < -0.39 is 0 Å². The normalized spacial score (nSPS) is 10.1. The Morgan fingerprint density at radius 3 is 2.69 bits per heavy atom. The van der Waals surface area contributed by atoms with Gasteiger partial charge in [0, 0.05) is 21.8 Å². The fourth-order valence-corrected chi connectivity index (χ4v) is 1.87. The van der Waals surface area contributed by atoms with Gasteiger partial charge >= 0.3 is 0 Å². The Morgan fingerprint density at radius 2 is 2.15 bits per heavy atom. The Morgan fingerprint density at radius 1 is 1.46 bits per heavy atom. The molecule has 0 aliphatic rings. The van der Waals surface area contributed by atoms with Crippen LogP contribution in [0.15, 0.2) is 22.7 Å². The summed E-state index contributed by atoms with van der Waals surface area (Å²) < 4.78 is 13.2. The Labute approximate surface area is 92.6 Å². The molecule has 0 aliphatic carbocycles. The van der Waals surface area contributed by atoms with Crippen molar-refractivity contribution in [1.29, 1.82) is 0 Å². The number of hydrogen-bond acceptors (Lipinski definition) is 1. The summed E-state index contributed by atoms with van der Waals surface area (Å²) >= 11 is 6.32. The number of benzene rings is 1. The van der Waals surface area contributed by atoms with Crippen LogP contribution in [0.25, 0.3) is 0 Å². The average Bonchev–Trinajstić information content (AvgIpc) is 2.04. The topological polar surface area (TPSA) is 17.1 Å². The second kappa shape index (κ2) is 4.86. The molecule has 0 fully saturated rings. The second-order valence-corrected chi connectivity index (χ2v) is 4.13. The van der Waals surface area contributed by atoms with Gasteiger partial charge in [-0.2, -0.15) is 0 Å². The summed E-state index contributed by atoms with van der Waals surface area (Å²) in [7, 11) is 0. The molecule has 13 heavy (non-hydrogen) atoms. The molecule has 70 valence electrons. The lowest BCUT2D eigenvalue weighted by Gasteiger charge is -2.01. The number of carbonyl (C=O) groups is 1. The van der Waals surface area contributed by atoms with E-state index in [0.717, 1.165) is 0 Å². The van der Waals surface area contributed by atoms with Crippen molar-refractivity contribution >= 4 is 37.6 Å². The highest BCUT2D eigenvalue weighted by atomic mass is 79.9. The van der Waals surface area contributed by atoms with Gasteiger partial charge in [-0.15, -0.1) is 0 Å². The third-order valence-corrected chi connectivity index (χ3v) is 2.61. The first-order valence-corrected chi connectivity index (χ1v) is 5.61. The third kappa shape index (κ3) is 2.88. The van der Waals surface area contributed by atoms with E-state index in [1.54, 1.807) is 0 Å². The van der Waals surface area contributed by atoms with Crippen molar-refractivity contribution in [3.8, 4) is 0 Å². The largest absolute Gasteiger partial charge is 0.294 e. The van der Waals surface area contributed by atoms with E-state index in [1.807, 2.05) is 0 Å². The van der Waals surface area contributed by atoms with Gasteiger partial charge < -0.3 is 0 Å². The number of Topliss-reactive ketones (excluding diaryl/α,β-unsaturated/α-hetero) is 1. The molecule has 1 aromatic rings. The summed E-state index contributed by atoms with van der Waals surface area (Å²) in [6.45, 7) is 0. The maximum Gasteiger partial charge on any atom is 0.164 e. The van der Waals surface area contributed by atoms with Gasteiger partial charge in [0.05, 0.1) is 0 Å². The molecule has 1 nitrogen and oxygen atoms in total. The van der Waals surface area contributed by atoms with Crippen LogP contribution >= 0.6 is 31.9 Å². The van der Waals surface area contributed by atoms with E-state index in [0.29, 0.717) is 21.8 Å². The quantitative estimate of drug-likeness (QED) is 0.616. The average molecular weight is 310 g/mol. The summed E-state index contributed by atoms with van der Waals surface area (Å²) in [5.74, 6) is -0.342. The van der Waals surface area contributed by atoms with E-state index in [4.69, 9.17) is 0 Å². The number of halogens is 3. The molecular formula is C9H7Br2FO. The molecule has 0 saturated carbocycles. The van der Waals surface area contributed by atoms with Gasteiger partial charge in [-0.25, -0.2) is 4.39 Å². The van der Waals surface area contributed by atoms with Crippen molar-refractivity contribution in [1.82, 2.24) is 0 Å². The van der Waals surface area contributed by atoms with Crippen LogP contribution in [-0.2, 0) is 0 Å². The molecule has 0 spiro atoms. The highest BCUT2D eigenvalue weighted by Gasteiger charge is 2.09. The van der Waals surface area contributed by atoms with E-state index in [9.17, 15) is 9.18 Å². The Balaban J connectivity index is 2.95. The lowest BCUT2D eigenvalue weighted by molar-refractivity contribution is 0.0989. The van der Waals surface area contributed by atoms with Crippen LogP contribution in [0.2, 0.25) is 0 Å². The number of hydrogen-bond donors (Lipinski definition) is 0. The zero-order valence-corrected chi connectivity index (χ0v) is 9.86. The number of carbonyl (C=O) groups excluding carboxylic acids is 1. The number of rotatable bonds is 3. The zero-order valence-electron chi connectivity index (χ0n) is 6.69. The number of alkyl halides is 1. The first kappa shape index (κ1) is 10.9. The van der Waals surface area contributed by atoms with Crippen molar-refractivity contribution in [3.63, 3.8) is 0 Å². The van der Waals surface area contributed by atoms with Gasteiger partial charge in [-0.05, 0) is 34.1 Å². The molecule has 0 saturated heterocycles. The summed E-state index contributed by atoms with van der Waals surface area (Å²) in [6.07, 6.45) is 0.421. The lowest BCUT2D eigenvalue weighted by atomic mass is 10.1. The van der Waals surface area contributed by atoms with E-state index >= 15 is 0 Å². The Kier molecular flexibility index (Phi) is 4.06. The predicted octanol–water partition coefficient (Wildman–Crippen LogP) is 3.56. The molecule has 0 aliphatic heterocycles. The molecule has 0 N–H and O–H groups in total. The molecule has 0 radical (unpaired) electrons. The van der Waals surface area contributed by atoms with Crippen LogP contribution in [0.3, 0.4) is 0 Å². The summed E-state index contributed by atoms with van der Waals surface area (Å²) in [5, 5.41) is 0.621. The molecule has 0 bridgehead atoms.